The summed E-state index contributed by atoms with van der Waals surface area (Å²) < 4.78 is 5.67. The molecule has 0 bridgehead atoms. The van der Waals surface area contributed by atoms with Crippen molar-refractivity contribution < 1.29 is 4.74 Å². The third-order valence-corrected chi connectivity index (χ3v) is 3.41. The Morgan fingerprint density at radius 2 is 2.08 bits per heavy atom. The summed E-state index contributed by atoms with van der Waals surface area (Å²) in [6.07, 6.45) is 6.86. The van der Waals surface area contributed by atoms with E-state index in [4.69, 9.17) is 4.74 Å². The van der Waals surface area contributed by atoms with Crippen LogP contribution in [0.15, 0.2) is 0 Å². The van der Waals surface area contributed by atoms with Gasteiger partial charge in [0.05, 0.1) is 0 Å². The Kier molecular flexibility index (Phi) is 3.62. The molecule has 0 aromatic carbocycles. The van der Waals surface area contributed by atoms with Gasteiger partial charge in [-0.2, -0.15) is 0 Å². The van der Waals surface area contributed by atoms with Crippen LogP contribution in [0.5, 0.6) is 0 Å². The van der Waals surface area contributed by atoms with Gasteiger partial charge in [0, 0.05) is 13.2 Å². The van der Waals surface area contributed by atoms with E-state index in [0.717, 1.165) is 25.0 Å². The summed E-state index contributed by atoms with van der Waals surface area (Å²) in [5.74, 6) is 1.79. The Hall–Kier alpha value is -0.0800. The molecule has 2 nitrogen and oxygen atoms in total. The van der Waals surface area contributed by atoms with Crippen LogP contribution in [-0.4, -0.2) is 26.3 Å². The molecule has 0 aromatic rings. The second-order valence-electron chi connectivity index (χ2n) is 4.52. The van der Waals surface area contributed by atoms with Crippen LogP contribution >= 0.6 is 0 Å². The lowest BCUT2D eigenvalue weighted by molar-refractivity contribution is 0.0632. The summed E-state index contributed by atoms with van der Waals surface area (Å²) in [6.45, 7) is 4.45. The van der Waals surface area contributed by atoms with Gasteiger partial charge in [0.15, 0.2) is 0 Å². The maximum Gasteiger partial charge on any atom is 0.0494 e. The molecule has 1 saturated heterocycles. The highest BCUT2D eigenvalue weighted by molar-refractivity contribution is 4.71. The SMILES string of the molecule is C1CC(COCCC2CCNC2)C1. The van der Waals surface area contributed by atoms with E-state index < -0.39 is 0 Å². The molecule has 2 aliphatic rings. The first-order valence-electron chi connectivity index (χ1n) is 5.73. The fourth-order valence-corrected chi connectivity index (χ4v) is 2.12. The van der Waals surface area contributed by atoms with Crippen LogP contribution in [0, 0.1) is 11.8 Å². The molecule has 2 fully saturated rings. The summed E-state index contributed by atoms with van der Waals surface area (Å²) in [5.41, 5.74) is 0. The van der Waals surface area contributed by atoms with Gasteiger partial charge >= 0.3 is 0 Å². The van der Waals surface area contributed by atoms with Crippen molar-refractivity contribution in [3.8, 4) is 0 Å². The molecule has 1 heterocycles. The summed E-state index contributed by atoms with van der Waals surface area (Å²) in [7, 11) is 0. The van der Waals surface area contributed by atoms with Crippen LogP contribution in [0.3, 0.4) is 0 Å². The van der Waals surface area contributed by atoms with Crippen molar-refractivity contribution in [3.05, 3.63) is 0 Å². The van der Waals surface area contributed by atoms with E-state index in [0.29, 0.717) is 0 Å². The zero-order chi connectivity index (χ0) is 8.93. The number of rotatable bonds is 5. The number of hydrogen-bond donors (Lipinski definition) is 1. The van der Waals surface area contributed by atoms with Gasteiger partial charge in [-0.1, -0.05) is 6.42 Å². The Balaban J connectivity index is 1.43. The summed E-state index contributed by atoms with van der Waals surface area (Å²) >= 11 is 0. The highest BCUT2D eigenvalue weighted by atomic mass is 16.5. The maximum atomic E-state index is 5.67. The molecule has 0 radical (unpaired) electrons. The van der Waals surface area contributed by atoms with Crippen LogP contribution in [0.1, 0.15) is 32.1 Å². The van der Waals surface area contributed by atoms with Gasteiger partial charge in [-0.15, -0.1) is 0 Å². The number of hydrogen-bond acceptors (Lipinski definition) is 2. The molecule has 76 valence electrons. The largest absolute Gasteiger partial charge is 0.381 e. The molecule has 13 heavy (non-hydrogen) atoms. The topological polar surface area (TPSA) is 21.3 Å². The van der Waals surface area contributed by atoms with Crippen molar-refractivity contribution in [3.63, 3.8) is 0 Å². The first-order valence-corrected chi connectivity index (χ1v) is 5.73. The highest BCUT2D eigenvalue weighted by Crippen LogP contribution is 2.26. The summed E-state index contributed by atoms with van der Waals surface area (Å²) in [4.78, 5) is 0. The second-order valence-corrected chi connectivity index (χ2v) is 4.52. The predicted octanol–water partition coefficient (Wildman–Crippen LogP) is 1.80. The minimum Gasteiger partial charge on any atom is -0.381 e. The Morgan fingerprint density at radius 1 is 1.15 bits per heavy atom. The Bertz CT molecular complexity index is 139. The van der Waals surface area contributed by atoms with Crippen molar-refractivity contribution >= 4 is 0 Å². The second kappa shape index (κ2) is 4.97. The van der Waals surface area contributed by atoms with Crippen LogP contribution in [0.4, 0.5) is 0 Å². The predicted molar refractivity (Wildman–Crippen MR) is 53.8 cm³/mol. The normalized spacial score (nSPS) is 29.1. The number of ether oxygens (including phenoxy) is 1. The molecule has 0 spiro atoms. The molecule has 1 N–H and O–H groups in total. The first-order chi connectivity index (χ1) is 6.45. The zero-order valence-corrected chi connectivity index (χ0v) is 8.43. The van der Waals surface area contributed by atoms with E-state index in [1.807, 2.05) is 0 Å². The van der Waals surface area contributed by atoms with Crippen LogP contribution in [-0.2, 0) is 4.74 Å². The summed E-state index contributed by atoms with van der Waals surface area (Å²) in [6, 6.07) is 0. The van der Waals surface area contributed by atoms with Gasteiger partial charge in [-0.05, 0) is 50.6 Å². The molecule has 1 atom stereocenters. The van der Waals surface area contributed by atoms with Crippen molar-refractivity contribution in [2.24, 2.45) is 11.8 Å². The van der Waals surface area contributed by atoms with Gasteiger partial charge < -0.3 is 10.1 Å². The van der Waals surface area contributed by atoms with Gasteiger partial charge in [-0.25, -0.2) is 0 Å². The van der Waals surface area contributed by atoms with E-state index in [2.05, 4.69) is 5.32 Å². The molecular weight excluding hydrogens is 162 g/mol. The minimum atomic E-state index is 0.890. The van der Waals surface area contributed by atoms with Crippen molar-refractivity contribution in [1.29, 1.82) is 0 Å². The van der Waals surface area contributed by atoms with Crippen molar-refractivity contribution in [2.75, 3.05) is 26.3 Å². The third-order valence-electron chi connectivity index (χ3n) is 3.41. The Morgan fingerprint density at radius 3 is 2.69 bits per heavy atom. The van der Waals surface area contributed by atoms with Crippen molar-refractivity contribution in [2.45, 2.75) is 32.1 Å². The fraction of sp³-hybridized carbons (Fsp3) is 1.00. The average Bonchev–Trinajstić information content (AvgIpc) is 2.53. The lowest BCUT2D eigenvalue weighted by Gasteiger charge is -2.25. The Labute approximate surface area is 81.0 Å². The molecule has 1 aliphatic carbocycles. The molecule has 1 saturated carbocycles. The van der Waals surface area contributed by atoms with Gasteiger partial charge in [0.2, 0.25) is 0 Å². The minimum absolute atomic E-state index is 0.890. The molecule has 0 amide bonds. The van der Waals surface area contributed by atoms with Gasteiger partial charge in [0.25, 0.3) is 0 Å². The molecule has 2 rings (SSSR count). The molecule has 2 heteroatoms. The van der Waals surface area contributed by atoms with E-state index in [1.54, 1.807) is 0 Å². The maximum absolute atomic E-state index is 5.67. The van der Waals surface area contributed by atoms with Crippen molar-refractivity contribution in [1.82, 2.24) is 5.32 Å². The van der Waals surface area contributed by atoms with E-state index in [-0.39, 0.29) is 0 Å². The quantitative estimate of drug-likeness (QED) is 0.656. The van der Waals surface area contributed by atoms with E-state index in [9.17, 15) is 0 Å². The molecule has 1 aliphatic heterocycles. The molecule has 0 aromatic heterocycles. The summed E-state index contributed by atoms with van der Waals surface area (Å²) in [5, 5.41) is 3.39. The lowest BCUT2D eigenvalue weighted by atomic mass is 9.86. The van der Waals surface area contributed by atoms with Crippen LogP contribution < -0.4 is 5.32 Å². The van der Waals surface area contributed by atoms with E-state index >= 15 is 0 Å². The van der Waals surface area contributed by atoms with E-state index in [1.165, 1.54) is 45.2 Å². The zero-order valence-electron chi connectivity index (χ0n) is 8.43. The average molecular weight is 183 g/mol. The van der Waals surface area contributed by atoms with Gasteiger partial charge in [0.1, 0.15) is 0 Å². The standard InChI is InChI=1S/C11H21NO/c1-2-11(3-1)9-13-7-5-10-4-6-12-8-10/h10-12H,1-9H2. The first kappa shape index (κ1) is 9.47. The fourth-order valence-electron chi connectivity index (χ4n) is 2.12. The highest BCUT2D eigenvalue weighted by Gasteiger charge is 2.18. The number of nitrogens with one attached hydrogen (secondary N) is 1. The van der Waals surface area contributed by atoms with Crippen LogP contribution in [0.25, 0.3) is 0 Å². The molecular formula is C11H21NO. The molecule has 1 unspecified atom stereocenters. The third kappa shape index (κ3) is 2.96. The monoisotopic (exact) mass is 183 g/mol. The smallest absolute Gasteiger partial charge is 0.0494 e. The van der Waals surface area contributed by atoms with Crippen LogP contribution in [0.2, 0.25) is 0 Å². The van der Waals surface area contributed by atoms with Gasteiger partial charge in [-0.3, -0.25) is 0 Å². The lowest BCUT2D eigenvalue weighted by Crippen LogP contribution is -2.18.